The summed E-state index contributed by atoms with van der Waals surface area (Å²) in [6.07, 6.45) is 2.37. The lowest BCUT2D eigenvalue weighted by Crippen LogP contribution is -2.18. The molecule has 0 bridgehead atoms. The second kappa shape index (κ2) is 11.7. The Kier molecular flexibility index (Phi) is 8.13. The summed E-state index contributed by atoms with van der Waals surface area (Å²) in [5, 5.41) is 26.8. The van der Waals surface area contributed by atoms with Gasteiger partial charge in [-0.1, -0.05) is 24.3 Å². The van der Waals surface area contributed by atoms with Crippen LogP contribution in [0.15, 0.2) is 117 Å². The Bertz CT molecular complexity index is 1590. The molecule has 11 nitrogen and oxygen atoms in total. The number of nitrogens with zero attached hydrogens (tertiary/aromatic N) is 2. The number of hydrazone groups is 2. The van der Waals surface area contributed by atoms with Gasteiger partial charge in [0.2, 0.25) is 0 Å². The van der Waals surface area contributed by atoms with Crippen LogP contribution in [0, 0.1) is 0 Å². The second-order valence-electron chi connectivity index (χ2n) is 7.87. The van der Waals surface area contributed by atoms with Crippen LogP contribution in [-0.2, 0) is 20.0 Å². The van der Waals surface area contributed by atoms with E-state index in [4.69, 9.17) is 4.74 Å². The van der Waals surface area contributed by atoms with E-state index >= 15 is 0 Å². The number of benzene rings is 4. The van der Waals surface area contributed by atoms with Crippen molar-refractivity contribution in [2.45, 2.75) is 9.79 Å². The normalized spacial score (nSPS) is 12.0. The number of aromatic hydroxyl groups is 2. The molecule has 4 N–H and O–H groups in total. The van der Waals surface area contributed by atoms with Crippen molar-refractivity contribution in [3.05, 3.63) is 108 Å². The summed E-state index contributed by atoms with van der Waals surface area (Å²) in [5.74, 6) is 0.545. The van der Waals surface area contributed by atoms with Gasteiger partial charge in [0, 0.05) is 11.1 Å². The van der Waals surface area contributed by atoms with Gasteiger partial charge in [0.15, 0.2) is 0 Å². The first-order valence-electron chi connectivity index (χ1n) is 11.2. The highest BCUT2D eigenvalue weighted by atomic mass is 32.2. The highest BCUT2D eigenvalue weighted by molar-refractivity contribution is 7.89. The molecule has 4 rings (SSSR count). The Morgan fingerprint density at radius 1 is 0.564 bits per heavy atom. The Labute approximate surface area is 224 Å². The smallest absolute Gasteiger partial charge is 0.276 e. The number of rotatable bonds is 10. The number of hydrogen-bond acceptors (Lipinski definition) is 9. The zero-order chi connectivity index (χ0) is 27.9. The Morgan fingerprint density at radius 3 is 1.28 bits per heavy atom. The SMILES string of the molecule is O=S(=O)(N/N=C/c1ccccc1O)c1ccc(Oc2ccc(S(=O)(=O)N/N=C/c3ccccc3O)cc2)cc1. The van der Waals surface area contributed by atoms with Gasteiger partial charge in [-0.2, -0.15) is 27.0 Å². The molecule has 0 aromatic heterocycles. The molecule has 4 aromatic rings. The molecule has 4 aromatic carbocycles. The number of para-hydroxylation sites is 2. The van der Waals surface area contributed by atoms with E-state index in [1.54, 1.807) is 36.4 Å². The minimum absolute atomic E-state index is 0.0402. The maximum atomic E-state index is 12.5. The summed E-state index contributed by atoms with van der Waals surface area (Å²) in [6.45, 7) is 0. The number of phenolic OH excluding ortho intramolecular Hbond substituents is 2. The maximum absolute atomic E-state index is 12.5. The molecule has 0 aliphatic rings. The van der Waals surface area contributed by atoms with Crippen LogP contribution >= 0.6 is 0 Å². The van der Waals surface area contributed by atoms with Crippen molar-refractivity contribution >= 4 is 32.5 Å². The third kappa shape index (κ3) is 7.12. The average Bonchev–Trinajstić information content (AvgIpc) is 2.91. The fourth-order valence-electron chi connectivity index (χ4n) is 3.14. The fraction of sp³-hybridized carbons (Fsp3) is 0. The van der Waals surface area contributed by atoms with Crippen molar-refractivity contribution in [1.82, 2.24) is 9.66 Å². The molecule has 0 spiro atoms. The Balaban J connectivity index is 1.36. The first-order chi connectivity index (χ1) is 18.6. The van der Waals surface area contributed by atoms with E-state index in [1.807, 2.05) is 0 Å². The first-order valence-corrected chi connectivity index (χ1v) is 14.1. The van der Waals surface area contributed by atoms with E-state index in [0.717, 1.165) is 0 Å². The third-order valence-corrected chi connectivity index (χ3v) is 7.61. The predicted octanol–water partition coefficient (Wildman–Crippen LogP) is 3.51. The van der Waals surface area contributed by atoms with Crippen LogP contribution in [0.1, 0.15) is 11.1 Å². The molecule has 0 atom stereocenters. The molecule has 39 heavy (non-hydrogen) atoms. The molecule has 0 unspecified atom stereocenters. The molecule has 0 aliphatic heterocycles. The topological polar surface area (TPSA) is 167 Å². The number of ether oxygens (including phenoxy) is 1. The standard InChI is InChI=1S/C26H22N4O7S2/c31-25-7-3-1-5-19(25)17-27-29-38(33,34)23-13-9-21(10-14-23)37-22-11-15-24(16-12-22)39(35,36)30-28-18-20-6-2-4-8-26(20)32/h1-18,29-32H/b27-17+,28-18+. The van der Waals surface area contributed by atoms with E-state index < -0.39 is 20.0 Å². The van der Waals surface area contributed by atoms with Crippen molar-refractivity contribution < 1.29 is 31.8 Å². The lowest BCUT2D eigenvalue weighted by Gasteiger charge is -2.09. The Morgan fingerprint density at radius 2 is 0.923 bits per heavy atom. The minimum atomic E-state index is -3.97. The summed E-state index contributed by atoms with van der Waals surface area (Å²) in [5.41, 5.74) is 0.692. The van der Waals surface area contributed by atoms with Gasteiger partial charge in [-0.05, 0) is 72.8 Å². The van der Waals surface area contributed by atoms with Gasteiger partial charge in [0.05, 0.1) is 22.2 Å². The lowest BCUT2D eigenvalue weighted by atomic mass is 10.2. The molecular formula is C26H22N4O7S2. The quantitative estimate of drug-likeness (QED) is 0.168. The van der Waals surface area contributed by atoms with Crippen molar-refractivity contribution in [3.8, 4) is 23.0 Å². The second-order valence-corrected chi connectivity index (χ2v) is 11.2. The maximum Gasteiger partial charge on any atom is 0.276 e. The van der Waals surface area contributed by atoms with E-state index in [9.17, 15) is 27.0 Å². The number of nitrogens with one attached hydrogen (secondary N) is 2. The Hall–Kier alpha value is -4.88. The largest absolute Gasteiger partial charge is 0.507 e. The van der Waals surface area contributed by atoms with Crippen LogP contribution < -0.4 is 14.4 Å². The molecular weight excluding hydrogens is 544 g/mol. The van der Waals surface area contributed by atoms with Crippen LogP contribution in [0.25, 0.3) is 0 Å². The average molecular weight is 567 g/mol. The van der Waals surface area contributed by atoms with Crippen LogP contribution in [0.4, 0.5) is 0 Å². The zero-order valence-corrected chi connectivity index (χ0v) is 21.7. The van der Waals surface area contributed by atoms with Gasteiger partial charge in [-0.15, -0.1) is 0 Å². The van der Waals surface area contributed by atoms with Gasteiger partial charge in [-0.3, -0.25) is 0 Å². The molecule has 0 saturated heterocycles. The van der Waals surface area contributed by atoms with E-state index in [2.05, 4.69) is 19.9 Å². The summed E-state index contributed by atoms with van der Waals surface area (Å²) in [7, 11) is -7.93. The van der Waals surface area contributed by atoms with Crippen molar-refractivity contribution in [3.63, 3.8) is 0 Å². The monoisotopic (exact) mass is 566 g/mol. The van der Waals surface area contributed by atoms with Crippen LogP contribution in [0.5, 0.6) is 23.0 Å². The summed E-state index contributed by atoms with van der Waals surface area (Å²) in [6, 6.07) is 23.7. The first kappa shape index (κ1) is 27.2. The summed E-state index contributed by atoms with van der Waals surface area (Å²) in [4.78, 5) is 4.01. The van der Waals surface area contributed by atoms with Gasteiger partial charge >= 0.3 is 0 Å². The van der Waals surface area contributed by atoms with Crippen molar-refractivity contribution in [2.75, 3.05) is 0 Å². The molecule has 0 saturated carbocycles. The highest BCUT2D eigenvalue weighted by Gasteiger charge is 2.15. The van der Waals surface area contributed by atoms with Gasteiger partial charge < -0.3 is 14.9 Å². The molecule has 0 heterocycles. The molecule has 0 radical (unpaired) electrons. The van der Waals surface area contributed by atoms with Crippen molar-refractivity contribution in [1.29, 1.82) is 0 Å². The van der Waals surface area contributed by atoms with Gasteiger partial charge in [-0.25, -0.2) is 9.66 Å². The van der Waals surface area contributed by atoms with Gasteiger partial charge in [0.1, 0.15) is 23.0 Å². The number of hydrogen-bond donors (Lipinski definition) is 4. The highest BCUT2D eigenvalue weighted by Crippen LogP contribution is 2.24. The van der Waals surface area contributed by atoms with Gasteiger partial charge in [0.25, 0.3) is 20.0 Å². The van der Waals surface area contributed by atoms with Crippen molar-refractivity contribution in [2.24, 2.45) is 10.2 Å². The summed E-state index contributed by atoms with van der Waals surface area (Å²) >= 11 is 0. The van der Waals surface area contributed by atoms with Crippen LogP contribution in [-0.4, -0.2) is 39.5 Å². The minimum Gasteiger partial charge on any atom is -0.507 e. The molecule has 13 heteroatoms. The zero-order valence-electron chi connectivity index (χ0n) is 20.0. The predicted molar refractivity (Wildman–Crippen MR) is 145 cm³/mol. The van der Waals surface area contributed by atoms with E-state index in [0.29, 0.717) is 22.6 Å². The number of sulfonamides is 2. The number of phenols is 2. The van der Waals surface area contributed by atoms with E-state index in [-0.39, 0.29) is 21.3 Å². The van der Waals surface area contributed by atoms with Crippen LogP contribution in [0.2, 0.25) is 0 Å². The molecule has 0 aliphatic carbocycles. The molecule has 200 valence electrons. The van der Waals surface area contributed by atoms with E-state index in [1.165, 1.54) is 73.1 Å². The third-order valence-electron chi connectivity index (χ3n) is 5.13. The summed E-state index contributed by atoms with van der Waals surface area (Å²) < 4.78 is 55.5. The lowest BCUT2D eigenvalue weighted by molar-refractivity contribution is 0.474. The van der Waals surface area contributed by atoms with Crippen LogP contribution in [0.3, 0.4) is 0 Å². The fourth-order valence-corrected chi connectivity index (χ4v) is 4.72. The molecule has 0 fully saturated rings. The molecule has 0 amide bonds.